The molecule has 7 aromatic carbocycles. The van der Waals surface area contributed by atoms with Crippen molar-refractivity contribution in [1.82, 2.24) is 14.4 Å². The molecule has 12 rings (SSSR count). The Hall–Kier alpha value is -6.10. The van der Waals surface area contributed by atoms with Crippen LogP contribution in [0.25, 0.3) is 91.7 Å². The highest BCUT2D eigenvalue weighted by Crippen LogP contribution is 2.53. The van der Waals surface area contributed by atoms with Gasteiger partial charge in [0.2, 0.25) is 0 Å². The Kier molecular flexibility index (Phi) is 5.55. The van der Waals surface area contributed by atoms with Crippen LogP contribution in [0.4, 0.5) is 0 Å². The second-order valence-electron chi connectivity index (χ2n) is 14.0. The predicted molar refractivity (Wildman–Crippen MR) is 215 cm³/mol. The van der Waals surface area contributed by atoms with Crippen molar-refractivity contribution in [3.8, 4) is 22.5 Å². The highest BCUT2D eigenvalue weighted by molar-refractivity contribution is 7.25. The van der Waals surface area contributed by atoms with Gasteiger partial charge in [0.25, 0.3) is 0 Å². The van der Waals surface area contributed by atoms with E-state index in [0.29, 0.717) is 0 Å². The van der Waals surface area contributed by atoms with Crippen LogP contribution in [-0.2, 0) is 6.42 Å². The number of fused-ring (bicyclic) bond motifs is 15. The molecule has 0 saturated heterocycles. The Labute approximate surface area is 297 Å². The monoisotopic (exact) mass is 667 g/mol. The number of para-hydroxylation sites is 1. The molecule has 4 aromatic heterocycles. The van der Waals surface area contributed by atoms with E-state index >= 15 is 0 Å². The molecule has 1 aliphatic rings. The smallest absolute Gasteiger partial charge is 0.161 e. The predicted octanol–water partition coefficient (Wildman–Crippen LogP) is 12.6. The van der Waals surface area contributed by atoms with Crippen LogP contribution in [0.5, 0.6) is 0 Å². The Morgan fingerprint density at radius 1 is 0.569 bits per heavy atom. The van der Waals surface area contributed by atoms with Gasteiger partial charge in [-0.1, -0.05) is 127 Å². The minimum atomic E-state index is 0.0483. The van der Waals surface area contributed by atoms with Crippen molar-refractivity contribution in [3.63, 3.8) is 0 Å². The largest absolute Gasteiger partial charge is 0.307 e. The molecule has 0 fully saturated rings. The first kappa shape index (κ1) is 27.7. The molecule has 0 radical (unpaired) electrons. The first-order chi connectivity index (χ1) is 25.3. The minimum absolute atomic E-state index is 0.0483. The van der Waals surface area contributed by atoms with Crippen LogP contribution in [0.15, 0.2) is 146 Å². The molecule has 11 aromatic rings. The van der Waals surface area contributed by atoms with Crippen LogP contribution in [0.1, 0.15) is 29.2 Å². The van der Waals surface area contributed by atoms with Crippen LogP contribution in [-0.4, -0.2) is 14.4 Å². The fraction of sp³-hybridized carbons (Fsp3) is 0.0638. The van der Waals surface area contributed by atoms with Gasteiger partial charge in [0.15, 0.2) is 5.82 Å². The molecule has 0 aliphatic heterocycles. The van der Waals surface area contributed by atoms with Gasteiger partial charge in [-0.3, -0.25) is 0 Å². The van der Waals surface area contributed by atoms with Crippen molar-refractivity contribution in [3.05, 3.63) is 162 Å². The topological polar surface area (TPSA) is 30.2 Å². The normalized spacial score (nSPS) is 14.7. The lowest BCUT2D eigenvalue weighted by molar-refractivity contribution is 0.715. The summed E-state index contributed by atoms with van der Waals surface area (Å²) in [4.78, 5) is 11.9. The van der Waals surface area contributed by atoms with Gasteiger partial charge >= 0.3 is 0 Å². The maximum Gasteiger partial charge on any atom is 0.161 e. The Morgan fingerprint density at radius 3 is 2.25 bits per heavy atom. The van der Waals surface area contributed by atoms with Crippen molar-refractivity contribution in [2.24, 2.45) is 0 Å². The van der Waals surface area contributed by atoms with Gasteiger partial charge in [0.05, 0.1) is 22.2 Å². The van der Waals surface area contributed by atoms with E-state index in [1.165, 1.54) is 86.6 Å². The third kappa shape index (κ3) is 3.72. The molecule has 3 nitrogen and oxygen atoms in total. The molecule has 0 bridgehead atoms. The van der Waals surface area contributed by atoms with E-state index in [4.69, 9.17) is 9.97 Å². The van der Waals surface area contributed by atoms with Crippen molar-refractivity contribution < 1.29 is 0 Å². The summed E-state index contributed by atoms with van der Waals surface area (Å²) >= 11 is 1.78. The Morgan fingerprint density at radius 2 is 1.33 bits per heavy atom. The fourth-order valence-corrected chi connectivity index (χ4v) is 10.3. The number of hydrogen-bond donors (Lipinski definition) is 0. The molecule has 1 atom stereocenters. The lowest BCUT2D eigenvalue weighted by atomic mass is 9.83. The fourth-order valence-electron chi connectivity index (χ4n) is 9.27. The second kappa shape index (κ2) is 10.2. The molecule has 51 heavy (non-hydrogen) atoms. The van der Waals surface area contributed by atoms with Crippen molar-refractivity contribution >= 4 is 80.5 Å². The molecular formula is C47H29N3S. The summed E-state index contributed by atoms with van der Waals surface area (Å²) in [6, 6.07) is 53.4. The number of hydrogen-bond acceptors (Lipinski definition) is 3. The Bertz CT molecular complexity index is 3210. The van der Waals surface area contributed by atoms with Crippen molar-refractivity contribution in [1.29, 1.82) is 0 Å². The van der Waals surface area contributed by atoms with Gasteiger partial charge in [-0.25, -0.2) is 9.97 Å². The van der Waals surface area contributed by atoms with Gasteiger partial charge in [0.1, 0.15) is 4.83 Å². The zero-order valence-corrected chi connectivity index (χ0v) is 28.4. The number of rotatable bonds is 2. The van der Waals surface area contributed by atoms with E-state index in [2.05, 4.69) is 150 Å². The number of benzene rings is 7. The summed E-state index contributed by atoms with van der Waals surface area (Å²) < 4.78 is 3.82. The average Bonchev–Trinajstić information content (AvgIpc) is 3.81. The average molecular weight is 668 g/mol. The van der Waals surface area contributed by atoms with Gasteiger partial charge in [-0.05, 0) is 58.7 Å². The van der Waals surface area contributed by atoms with Crippen LogP contribution in [0.3, 0.4) is 0 Å². The number of aryl methyl sites for hydroxylation is 1. The minimum Gasteiger partial charge on any atom is -0.307 e. The van der Waals surface area contributed by atoms with Gasteiger partial charge in [-0.2, -0.15) is 0 Å². The second-order valence-corrected chi connectivity index (χ2v) is 15.0. The van der Waals surface area contributed by atoms with Crippen LogP contribution >= 0.6 is 11.3 Å². The highest BCUT2D eigenvalue weighted by Gasteiger charge is 2.33. The maximum atomic E-state index is 5.62. The van der Waals surface area contributed by atoms with Crippen molar-refractivity contribution in [2.75, 3.05) is 0 Å². The van der Waals surface area contributed by atoms with Gasteiger partial charge < -0.3 is 4.40 Å². The van der Waals surface area contributed by atoms with E-state index in [9.17, 15) is 0 Å². The zero-order chi connectivity index (χ0) is 33.2. The molecule has 238 valence electrons. The molecule has 0 amide bonds. The van der Waals surface area contributed by atoms with Crippen LogP contribution < -0.4 is 0 Å². The van der Waals surface area contributed by atoms with E-state index in [1.807, 2.05) is 0 Å². The van der Waals surface area contributed by atoms with Gasteiger partial charge in [-0.15, -0.1) is 11.3 Å². The number of nitrogens with zero attached hydrogens (tertiary/aromatic N) is 3. The molecule has 1 unspecified atom stereocenters. The standard InChI is InChI=1S/C47H29N3S/c1-2-14-29(15-3-1)46-48-43(42-34-19-9-11-21-39(34)51-47(42)49-46)35-25-23-27-12-4-6-16-30(27)36-26-37-32-24-22-28-13-5-7-17-31(28)44(32)50-38-20-10-8-18-33(38)41(40(35)36)45(37)50/h1-22,24,26,35H,23,25H2. The summed E-state index contributed by atoms with van der Waals surface area (Å²) in [6.07, 6.45) is 1.93. The van der Waals surface area contributed by atoms with E-state index < -0.39 is 0 Å². The summed E-state index contributed by atoms with van der Waals surface area (Å²) in [7, 11) is 0. The van der Waals surface area contributed by atoms with E-state index in [1.54, 1.807) is 11.3 Å². The third-order valence-corrected chi connectivity index (χ3v) is 12.4. The molecule has 4 heteroatoms. The third-order valence-electron chi connectivity index (χ3n) is 11.4. The molecule has 0 spiro atoms. The van der Waals surface area contributed by atoms with Crippen molar-refractivity contribution in [2.45, 2.75) is 18.8 Å². The quantitative estimate of drug-likeness (QED) is 0.184. The van der Waals surface area contributed by atoms with E-state index in [0.717, 1.165) is 34.8 Å². The van der Waals surface area contributed by atoms with Crippen LogP contribution in [0.2, 0.25) is 0 Å². The molecule has 0 saturated carbocycles. The zero-order valence-electron chi connectivity index (χ0n) is 27.6. The van der Waals surface area contributed by atoms with E-state index in [-0.39, 0.29) is 5.92 Å². The lowest BCUT2D eigenvalue weighted by Gasteiger charge is -2.21. The number of aromatic nitrogens is 3. The summed E-state index contributed by atoms with van der Waals surface area (Å²) in [5, 5.41) is 10.3. The summed E-state index contributed by atoms with van der Waals surface area (Å²) in [5.74, 6) is 0.846. The Balaban J connectivity index is 1.30. The number of thiophene rings is 1. The van der Waals surface area contributed by atoms with Crippen LogP contribution in [0, 0.1) is 0 Å². The highest BCUT2D eigenvalue weighted by atomic mass is 32.1. The molecule has 1 aliphatic carbocycles. The summed E-state index contributed by atoms with van der Waals surface area (Å²) in [5.41, 5.74) is 11.5. The first-order valence-corrected chi connectivity index (χ1v) is 18.6. The summed E-state index contributed by atoms with van der Waals surface area (Å²) in [6.45, 7) is 0. The van der Waals surface area contributed by atoms with Gasteiger partial charge in [0, 0.05) is 53.9 Å². The SMILES string of the molecule is c1ccc(-c2nc(C3CCc4ccccc4-c4cc5c6ccc7ccccc7c6n6c7ccccc7c(c43)c56)c3c(n2)sc2ccccc23)cc1. The molecular weight excluding hydrogens is 639 g/mol. The first-order valence-electron chi connectivity index (χ1n) is 17.8. The molecule has 0 N–H and O–H groups in total. The maximum absolute atomic E-state index is 5.62. The lowest BCUT2D eigenvalue weighted by Crippen LogP contribution is -2.08. The molecule has 4 heterocycles.